The molecule has 0 amide bonds. The third-order valence-corrected chi connectivity index (χ3v) is 4.85. The highest BCUT2D eigenvalue weighted by Crippen LogP contribution is 2.21. The smallest absolute Gasteiger partial charge is 0.152 e. The minimum absolute atomic E-state index is 0.0378. The number of thiocarbonyl (C=S) groups is 1. The summed E-state index contributed by atoms with van der Waals surface area (Å²) in [6.45, 7) is 11.4. The van der Waals surface area contributed by atoms with Crippen molar-refractivity contribution in [2.24, 2.45) is 0 Å². The van der Waals surface area contributed by atoms with Crippen LogP contribution in [0.15, 0.2) is 90.9 Å². The van der Waals surface area contributed by atoms with Gasteiger partial charge in [0.25, 0.3) is 0 Å². The Morgan fingerprint density at radius 2 is 1.88 bits per heavy atom. The number of pyridine rings is 1. The van der Waals surface area contributed by atoms with Crippen LogP contribution in [0.5, 0.6) is 0 Å². The standard InChI is InChI=1S/C25H29N5O2S/c1-6-19(9-7-16(2)17(3)8-11-21(32)13-18(4)31)23-14-24(30-29-23)28-20-10-12-22(27-15-20)25(33)26-5/h6-15,18,31-32H,2-3H2,1,4-5H3,(H,26,33)(H2,28,29,30)/b9-7-,11-8-,19-6+,21-13+. The van der Waals surface area contributed by atoms with Crippen molar-refractivity contribution in [3.8, 4) is 0 Å². The van der Waals surface area contributed by atoms with Crippen molar-refractivity contribution in [3.63, 3.8) is 0 Å². The fourth-order valence-corrected chi connectivity index (χ4v) is 2.77. The summed E-state index contributed by atoms with van der Waals surface area (Å²) in [6, 6.07) is 5.61. The Hall–Kier alpha value is -3.75. The maximum Gasteiger partial charge on any atom is 0.152 e. The summed E-state index contributed by atoms with van der Waals surface area (Å²) in [5.74, 6) is 0.610. The summed E-state index contributed by atoms with van der Waals surface area (Å²) in [7, 11) is 1.76. The first-order valence-corrected chi connectivity index (χ1v) is 10.6. The lowest BCUT2D eigenvalue weighted by molar-refractivity contribution is 0.238. The van der Waals surface area contributed by atoms with Gasteiger partial charge in [0.05, 0.1) is 29.4 Å². The van der Waals surface area contributed by atoms with Crippen LogP contribution in [-0.2, 0) is 0 Å². The highest BCUT2D eigenvalue weighted by molar-refractivity contribution is 7.80. The van der Waals surface area contributed by atoms with Crippen molar-refractivity contribution in [1.29, 1.82) is 0 Å². The molecule has 0 radical (unpaired) electrons. The van der Waals surface area contributed by atoms with Crippen molar-refractivity contribution in [1.82, 2.24) is 20.5 Å². The summed E-state index contributed by atoms with van der Waals surface area (Å²) >= 11 is 5.18. The van der Waals surface area contributed by atoms with Crippen molar-refractivity contribution < 1.29 is 10.2 Å². The third kappa shape index (κ3) is 8.03. The number of aliphatic hydroxyl groups excluding tert-OH is 2. The number of allylic oxidation sites excluding steroid dienone is 8. The zero-order valence-electron chi connectivity index (χ0n) is 19.0. The van der Waals surface area contributed by atoms with Crippen molar-refractivity contribution in [2.45, 2.75) is 20.0 Å². The number of rotatable bonds is 10. The maximum absolute atomic E-state index is 9.70. The van der Waals surface area contributed by atoms with E-state index in [2.05, 4.69) is 39.0 Å². The number of H-pyrrole nitrogens is 1. The Morgan fingerprint density at radius 1 is 1.18 bits per heavy atom. The van der Waals surface area contributed by atoms with Crippen LogP contribution in [0, 0.1) is 0 Å². The van der Waals surface area contributed by atoms with E-state index in [9.17, 15) is 10.2 Å². The first kappa shape index (κ1) is 25.5. The molecule has 0 saturated heterocycles. The van der Waals surface area contributed by atoms with E-state index < -0.39 is 6.10 Å². The SMILES string of the molecule is C=C(/C=C\C(O)=C/C(C)O)C(=C)/C=C\C(=C/C)c1cc(Nc2ccc(C(=S)NC)nc2)n[nH]1. The first-order valence-electron chi connectivity index (χ1n) is 10.2. The topological polar surface area (TPSA) is 106 Å². The van der Waals surface area contributed by atoms with E-state index in [4.69, 9.17) is 12.2 Å². The molecule has 2 rings (SSSR count). The molecule has 2 heterocycles. The van der Waals surface area contributed by atoms with Gasteiger partial charge in [-0.15, -0.1) is 0 Å². The molecule has 33 heavy (non-hydrogen) atoms. The van der Waals surface area contributed by atoms with Gasteiger partial charge < -0.3 is 20.8 Å². The van der Waals surface area contributed by atoms with Gasteiger partial charge in [0.15, 0.2) is 5.82 Å². The van der Waals surface area contributed by atoms with Gasteiger partial charge in [-0.05, 0) is 54.9 Å². The Labute approximate surface area is 199 Å². The van der Waals surface area contributed by atoms with E-state index in [0.717, 1.165) is 17.0 Å². The molecule has 8 heteroatoms. The molecule has 0 fully saturated rings. The lowest BCUT2D eigenvalue weighted by atomic mass is 10.1. The fourth-order valence-electron chi connectivity index (χ4n) is 2.65. The van der Waals surface area contributed by atoms with Gasteiger partial charge in [0.2, 0.25) is 0 Å². The highest BCUT2D eigenvalue weighted by atomic mass is 32.1. The van der Waals surface area contributed by atoms with Crippen LogP contribution < -0.4 is 10.6 Å². The van der Waals surface area contributed by atoms with E-state index in [0.29, 0.717) is 27.6 Å². The highest BCUT2D eigenvalue weighted by Gasteiger charge is 2.06. The molecule has 2 aromatic heterocycles. The minimum atomic E-state index is -0.732. The summed E-state index contributed by atoms with van der Waals surface area (Å²) in [5.41, 5.74) is 4.54. The quantitative estimate of drug-likeness (QED) is 0.194. The van der Waals surface area contributed by atoms with Crippen LogP contribution in [0.2, 0.25) is 0 Å². The van der Waals surface area contributed by atoms with Gasteiger partial charge in [-0.25, -0.2) is 0 Å². The molecule has 0 aliphatic rings. The maximum atomic E-state index is 9.70. The molecule has 0 aliphatic heterocycles. The van der Waals surface area contributed by atoms with Crippen LogP contribution in [0.25, 0.3) is 5.57 Å². The second-order valence-corrected chi connectivity index (χ2v) is 7.50. The molecule has 2 aromatic rings. The minimum Gasteiger partial charge on any atom is -0.508 e. The zero-order chi connectivity index (χ0) is 24.4. The van der Waals surface area contributed by atoms with Crippen molar-refractivity contribution >= 4 is 34.3 Å². The second kappa shape index (κ2) is 12.3. The molecule has 5 N–H and O–H groups in total. The Kier molecular flexibility index (Phi) is 9.53. The van der Waals surface area contributed by atoms with Gasteiger partial charge in [-0.2, -0.15) is 5.10 Å². The normalized spacial score (nSPS) is 13.3. The van der Waals surface area contributed by atoms with Crippen LogP contribution in [0.4, 0.5) is 11.5 Å². The third-order valence-electron chi connectivity index (χ3n) is 4.44. The first-order chi connectivity index (χ1) is 15.7. The zero-order valence-corrected chi connectivity index (χ0v) is 19.8. The fraction of sp³-hybridized carbons (Fsp3) is 0.160. The lowest BCUT2D eigenvalue weighted by Gasteiger charge is -2.05. The van der Waals surface area contributed by atoms with Crippen LogP contribution in [-0.4, -0.2) is 43.5 Å². The molecular formula is C25H29N5O2S. The largest absolute Gasteiger partial charge is 0.508 e. The van der Waals surface area contributed by atoms with E-state index in [1.165, 1.54) is 12.2 Å². The van der Waals surface area contributed by atoms with Gasteiger partial charge in [-0.3, -0.25) is 10.1 Å². The second-order valence-electron chi connectivity index (χ2n) is 7.10. The van der Waals surface area contributed by atoms with Gasteiger partial charge in [0, 0.05) is 13.1 Å². The number of nitrogens with one attached hydrogen (secondary N) is 3. The Bertz CT molecular complexity index is 1120. The summed E-state index contributed by atoms with van der Waals surface area (Å²) in [4.78, 5) is 4.91. The molecule has 172 valence electrons. The Balaban J connectivity index is 2.03. The van der Waals surface area contributed by atoms with E-state index in [1.807, 2.05) is 43.4 Å². The predicted octanol–water partition coefficient (Wildman–Crippen LogP) is 4.89. The molecule has 1 atom stereocenters. The molecule has 0 spiro atoms. The van der Waals surface area contributed by atoms with Gasteiger partial charge >= 0.3 is 0 Å². The molecule has 0 saturated carbocycles. The predicted molar refractivity (Wildman–Crippen MR) is 139 cm³/mol. The number of hydrogen-bond donors (Lipinski definition) is 5. The van der Waals surface area contributed by atoms with E-state index in [-0.39, 0.29) is 5.76 Å². The molecule has 0 aliphatic carbocycles. The number of anilines is 2. The average Bonchev–Trinajstić information content (AvgIpc) is 3.25. The van der Waals surface area contributed by atoms with Gasteiger partial charge in [0.1, 0.15) is 10.7 Å². The van der Waals surface area contributed by atoms with Crippen LogP contribution in [0.1, 0.15) is 25.2 Å². The van der Waals surface area contributed by atoms with Crippen molar-refractivity contribution in [3.05, 3.63) is 102 Å². The van der Waals surface area contributed by atoms with Crippen molar-refractivity contribution in [2.75, 3.05) is 12.4 Å². The molecule has 0 bridgehead atoms. The van der Waals surface area contributed by atoms with Gasteiger partial charge in [-0.1, -0.05) is 49.7 Å². The number of hydrogen-bond acceptors (Lipinski definition) is 6. The van der Waals surface area contributed by atoms with Crippen LogP contribution >= 0.6 is 12.2 Å². The molecule has 7 nitrogen and oxygen atoms in total. The monoisotopic (exact) mass is 463 g/mol. The average molecular weight is 464 g/mol. The number of aromatic amines is 1. The van der Waals surface area contributed by atoms with E-state index in [1.54, 1.807) is 26.2 Å². The Morgan fingerprint density at radius 3 is 2.45 bits per heavy atom. The summed E-state index contributed by atoms with van der Waals surface area (Å²) in [5, 5.41) is 32.4. The number of nitrogens with zero attached hydrogens (tertiary/aromatic N) is 2. The number of aromatic nitrogens is 3. The number of aliphatic hydroxyl groups is 2. The molecule has 1 unspecified atom stereocenters. The lowest BCUT2D eigenvalue weighted by Crippen LogP contribution is -2.17. The van der Waals surface area contributed by atoms with Crippen LogP contribution in [0.3, 0.4) is 0 Å². The molecular weight excluding hydrogens is 434 g/mol. The summed E-state index contributed by atoms with van der Waals surface area (Å²) in [6.07, 6.45) is 11.1. The van der Waals surface area contributed by atoms with E-state index >= 15 is 0 Å². The summed E-state index contributed by atoms with van der Waals surface area (Å²) < 4.78 is 0. The molecule has 0 aromatic carbocycles.